The number of nitrogens with one attached hydrogen (secondary N) is 1. The summed E-state index contributed by atoms with van der Waals surface area (Å²) in [6, 6.07) is 2.29. The summed E-state index contributed by atoms with van der Waals surface area (Å²) < 4.78 is 0. The van der Waals surface area contributed by atoms with Crippen LogP contribution in [0.15, 0.2) is 0 Å². The molecule has 0 heterocycles. The van der Waals surface area contributed by atoms with Gasteiger partial charge in [-0.15, -0.1) is 0 Å². The van der Waals surface area contributed by atoms with Crippen molar-refractivity contribution in [2.24, 2.45) is 11.3 Å². The molecule has 0 aliphatic heterocycles. The molecule has 0 rings (SSSR count). The van der Waals surface area contributed by atoms with Gasteiger partial charge in [0.25, 0.3) is 0 Å². The van der Waals surface area contributed by atoms with Crippen molar-refractivity contribution in [3.63, 3.8) is 0 Å². The highest BCUT2D eigenvalue weighted by molar-refractivity contribution is 4.83. The van der Waals surface area contributed by atoms with Crippen LogP contribution in [-0.2, 0) is 0 Å². The Labute approximate surface area is 82.3 Å². The van der Waals surface area contributed by atoms with E-state index in [1.165, 1.54) is 6.42 Å². The van der Waals surface area contributed by atoms with Crippen LogP contribution in [0.5, 0.6) is 0 Å². The minimum absolute atomic E-state index is 0.174. The maximum Gasteiger partial charge on any atom is 0.0669 e. The van der Waals surface area contributed by atoms with Crippen molar-refractivity contribution >= 4 is 0 Å². The van der Waals surface area contributed by atoms with Gasteiger partial charge in [0, 0.05) is 13.1 Å². The number of rotatable bonds is 6. The molecule has 0 radical (unpaired) electrons. The Morgan fingerprint density at radius 3 is 2.38 bits per heavy atom. The lowest BCUT2D eigenvalue weighted by Crippen LogP contribution is -2.32. The maximum atomic E-state index is 8.72. The maximum absolute atomic E-state index is 8.72. The molecule has 0 aromatic heterocycles. The molecular formula is C11H22N2. The standard InChI is InChI=1S/C11H22N2/c1-5-10(7-12)8-13-9-11(3,4)6-2/h10,13H,5-6,8-9H2,1-4H3. The highest BCUT2D eigenvalue weighted by Gasteiger charge is 2.14. The third-order valence-electron chi connectivity index (χ3n) is 2.63. The monoisotopic (exact) mass is 182 g/mol. The molecule has 1 unspecified atom stereocenters. The van der Waals surface area contributed by atoms with Crippen LogP contribution in [-0.4, -0.2) is 13.1 Å². The Morgan fingerprint density at radius 1 is 1.38 bits per heavy atom. The van der Waals surface area contributed by atoms with Crippen molar-refractivity contribution in [1.82, 2.24) is 5.32 Å². The van der Waals surface area contributed by atoms with Crippen LogP contribution < -0.4 is 5.32 Å². The molecule has 0 saturated carbocycles. The van der Waals surface area contributed by atoms with Crippen molar-refractivity contribution < 1.29 is 0 Å². The first-order chi connectivity index (χ1) is 6.05. The van der Waals surface area contributed by atoms with Gasteiger partial charge in [-0.1, -0.05) is 27.7 Å². The van der Waals surface area contributed by atoms with Crippen LogP contribution in [0.3, 0.4) is 0 Å². The number of nitrogens with zero attached hydrogens (tertiary/aromatic N) is 1. The van der Waals surface area contributed by atoms with Gasteiger partial charge in [0.1, 0.15) is 0 Å². The smallest absolute Gasteiger partial charge is 0.0669 e. The molecule has 0 saturated heterocycles. The van der Waals surface area contributed by atoms with E-state index in [0.717, 1.165) is 19.5 Å². The summed E-state index contributed by atoms with van der Waals surface area (Å²) in [4.78, 5) is 0. The minimum atomic E-state index is 0.174. The van der Waals surface area contributed by atoms with E-state index in [1.54, 1.807) is 0 Å². The first-order valence-electron chi connectivity index (χ1n) is 5.16. The van der Waals surface area contributed by atoms with E-state index in [4.69, 9.17) is 5.26 Å². The van der Waals surface area contributed by atoms with Crippen LogP contribution in [0.2, 0.25) is 0 Å². The second-order valence-electron chi connectivity index (χ2n) is 4.38. The first-order valence-corrected chi connectivity index (χ1v) is 5.16. The minimum Gasteiger partial charge on any atom is -0.315 e. The summed E-state index contributed by atoms with van der Waals surface area (Å²) in [5, 5.41) is 12.1. The van der Waals surface area contributed by atoms with E-state index in [2.05, 4.69) is 39.1 Å². The summed E-state index contributed by atoms with van der Waals surface area (Å²) >= 11 is 0. The van der Waals surface area contributed by atoms with Gasteiger partial charge < -0.3 is 5.32 Å². The summed E-state index contributed by atoms with van der Waals surface area (Å²) in [6.07, 6.45) is 2.11. The lowest BCUT2D eigenvalue weighted by atomic mass is 9.90. The molecule has 0 aliphatic rings. The summed E-state index contributed by atoms with van der Waals surface area (Å²) in [7, 11) is 0. The fourth-order valence-corrected chi connectivity index (χ4v) is 0.991. The van der Waals surface area contributed by atoms with E-state index < -0.39 is 0 Å². The quantitative estimate of drug-likeness (QED) is 0.685. The van der Waals surface area contributed by atoms with Gasteiger partial charge in [-0.25, -0.2) is 0 Å². The zero-order valence-corrected chi connectivity index (χ0v) is 9.35. The molecule has 13 heavy (non-hydrogen) atoms. The number of hydrogen-bond acceptors (Lipinski definition) is 2. The molecule has 0 aromatic rings. The molecule has 0 aromatic carbocycles. The second kappa shape index (κ2) is 5.99. The molecule has 0 aliphatic carbocycles. The predicted molar refractivity (Wildman–Crippen MR) is 56.3 cm³/mol. The molecular weight excluding hydrogens is 160 g/mol. The number of hydrogen-bond donors (Lipinski definition) is 1. The third kappa shape index (κ3) is 5.65. The molecule has 0 bridgehead atoms. The first kappa shape index (κ1) is 12.4. The van der Waals surface area contributed by atoms with E-state index in [1.807, 2.05) is 0 Å². The largest absolute Gasteiger partial charge is 0.315 e. The summed E-state index contributed by atoms with van der Waals surface area (Å²) in [5.41, 5.74) is 0.355. The van der Waals surface area contributed by atoms with Gasteiger partial charge in [0.2, 0.25) is 0 Å². The van der Waals surface area contributed by atoms with Gasteiger partial charge >= 0.3 is 0 Å². The molecule has 1 N–H and O–H groups in total. The fourth-order valence-electron chi connectivity index (χ4n) is 0.991. The molecule has 2 heteroatoms. The highest BCUT2D eigenvalue weighted by atomic mass is 14.9. The van der Waals surface area contributed by atoms with E-state index in [9.17, 15) is 0 Å². The average Bonchev–Trinajstić information content (AvgIpc) is 2.12. The van der Waals surface area contributed by atoms with Crippen molar-refractivity contribution in [2.45, 2.75) is 40.5 Å². The third-order valence-corrected chi connectivity index (χ3v) is 2.63. The van der Waals surface area contributed by atoms with Gasteiger partial charge in [-0.3, -0.25) is 0 Å². The fraction of sp³-hybridized carbons (Fsp3) is 0.909. The van der Waals surface area contributed by atoms with Crippen molar-refractivity contribution in [1.29, 1.82) is 5.26 Å². The molecule has 0 amide bonds. The van der Waals surface area contributed by atoms with Gasteiger partial charge in [0.15, 0.2) is 0 Å². The van der Waals surface area contributed by atoms with Crippen LogP contribution in [0.25, 0.3) is 0 Å². The lowest BCUT2D eigenvalue weighted by molar-refractivity contribution is 0.322. The van der Waals surface area contributed by atoms with Gasteiger partial charge in [0.05, 0.1) is 12.0 Å². The van der Waals surface area contributed by atoms with Crippen molar-refractivity contribution in [3.05, 3.63) is 0 Å². The molecule has 2 nitrogen and oxygen atoms in total. The van der Waals surface area contributed by atoms with Gasteiger partial charge in [-0.05, 0) is 18.3 Å². The Balaban J connectivity index is 3.62. The zero-order valence-electron chi connectivity index (χ0n) is 9.35. The van der Waals surface area contributed by atoms with Crippen LogP contribution in [0, 0.1) is 22.7 Å². The SMILES string of the molecule is CCC(C#N)CNCC(C)(C)CC. The Kier molecular flexibility index (Phi) is 5.73. The molecule has 1 atom stereocenters. The molecule has 0 fully saturated rings. The normalized spacial score (nSPS) is 13.8. The van der Waals surface area contributed by atoms with Crippen LogP contribution >= 0.6 is 0 Å². The summed E-state index contributed by atoms with van der Waals surface area (Å²) in [6.45, 7) is 10.6. The average molecular weight is 182 g/mol. The topological polar surface area (TPSA) is 35.8 Å². The zero-order chi connectivity index (χ0) is 10.3. The van der Waals surface area contributed by atoms with Crippen LogP contribution in [0.1, 0.15) is 40.5 Å². The Morgan fingerprint density at radius 2 is 2.00 bits per heavy atom. The van der Waals surface area contributed by atoms with Crippen molar-refractivity contribution in [2.75, 3.05) is 13.1 Å². The molecule has 0 spiro atoms. The van der Waals surface area contributed by atoms with E-state index >= 15 is 0 Å². The predicted octanol–water partition coefficient (Wildman–Crippen LogP) is 2.56. The Bertz CT molecular complexity index is 167. The summed E-state index contributed by atoms with van der Waals surface area (Å²) in [5.74, 6) is 0.174. The highest BCUT2D eigenvalue weighted by Crippen LogP contribution is 2.17. The Hall–Kier alpha value is -0.550. The van der Waals surface area contributed by atoms with Crippen molar-refractivity contribution in [3.8, 4) is 6.07 Å². The lowest BCUT2D eigenvalue weighted by Gasteiger charge is -2.23. The van der Waals surface area contributed by atoms with E-state index in [-0.39, 0.29) is 5.92 Å². The van der Waals surface area contributed by atoms with Crippen LogP contribution in [0.4, 0.5) is 0 Å². The van der Waals surface area contributed by atoms with E-state index in [0.29, 0.717) is 5.41 Å². The van der Waals surface area contributed by atoms with Gasteiger partial charge in [-0.2, -0.15) is 5.26 Å². The number of nitriles is 1. The second-order valence-corrected chi connectivity index (χ2v) is 4.38. The molecule has 76 valence electrons.